The van der Waals surface area contributed by atoms with Crippen LogP contribution < -0.4 is 5.32 Å². The second-order valence-corrected chi connectivity index (χ2v) is 6.55. The smallest absolute Gasteiger partial charge is 0.256 e. The average molecular weight is 380 g/mol. The van der Waals surface area contributed by atoms with Gasteiger partial charge in [0.25, 0.3) is 5.91 Å². The van der Waals surface area contributed by atoms with Crippen LogP contribution in [0.2, 0.25) is 5.02 Å². The molecule has 0 aliphatic heterocycles. The third kappa shape index (κ3) is 3.68. The lowest BCUT2D eigenvalue weighted by atomic mass is 10.2. The molecule has 4 nitrogen and oxygen atoms in total. The predicted octanol–water partition coefficient (Wildman–Crippen LogP) is 5.13. The number of halogens is 2. The van der Waals surface area contributed by atoms with Crippen molar-refractivity contribution in [2.24, 2.45) is 0 Å². The number of aromatic nitrogens is 2. The molecule has 1 heterocycles. The van der Waals surface area contributed by atoms with Crippen LogP contribution >= 0.6 is 11.6 Å². The van der Waals surface area contributed by atoms with Crippen molar-refractivity contribution in [3.8, 4) is 0 Å². The van der Waals surface area contributed by atoms with Gasteiger partial charge in [-0.15, -0.1) is 0 Å². The Bertz CT molecular complexity index is 1120. The third-order valence-electron chi connectivity index (χ3n) is 4.20. The fourth-order valence-corrected chi connectivity index (χ4v) is 3.15. The second kappa shape index (κ2) is 7.21. The quantitative estimate of drug-likeness (QED) is 0.534. The Morgan fingerprint density at radius 1 is 1.04 bits per heavy atom. The van der Waals surface area contributed by atoms with Crippen LogP contribution in [0.5, 0.6) is 0 Å². The van der Waals surface area contributed by atoms with Crippen molar-refractivity contribution < 1.29 is 9.18 Å². The molecule has 0 atom stereocenters. The number of nitrogens with one attached hydrogen (secondary N) is 1. The first kappa shape index (κ1) is 17.2. The van der Waals surface area contributed by atoms with Crippen molar-refractivity contribution in [1.82, 2.24) is 9.78 Å². The van der Waals surface area contributed by atoms with E-state index in [9.17, 15) is 9.18 Å². The van der Waals surface area contributed by atoms with E-state index >= 15 is 0 Å². The molecule has 0 fully saturated rings. The summed E-state index contributed by atoms with van der Waals surface area (Å²) in [5.41, 5.74) is 2.18. The van der Waals surface area contributed by atoms with Crippen molar-refractivity contribution in [2.75, 3.05) is 5.32 Å². The molecule has 4 aromatic rings. The monoisotopic (exact) mass is 379 g/mol. The van der Waals surface area contributed by atoms with Crippen molar-refractivity contribution in [2.45, 2.75) is 6.54 Å². The average Bonchev–Trinajstić information content (AvgIpc) is 2.99. The van der Waals surface area contributed by atoms with Gasteiger partial charge in [-0.1, -0.05) is 41.9 Å². The normalized spacial score (nSPS) is 10.9. The van der Waals surface area contributed by atoms with Gasteiger partial charge in [-0.25, -0.2) is 4.39 Å². The molecule has 0 unspecified atom stereocenters. The molecule has 4 rings (SSSR count). The maximum atomic E-state index is 13.8. The van der Waals surface area contributed by atoms with Crippen molar-refractivity contribution >= 4 is 34.2 Å². The van der Waals surface area contributed by atoms with E-state index in [0.717, 1.165) is 11.1 Å². The molecular formula is C21H15ClFN3O. The van der Waals surface area contributed by atoms with Crippen LogP contribution in [0.1, 0.15) is 15.9 Å². The van der Waals surface area contributed by atoms with E-state index in [-0.39, 0.29) is 11.7 Å². The third-order valence-corrected chi connectivity index (χ3v) is 4.44. The fourth-order valence-electron chi connectivity index (χ4n) is 2.94. The maximum Gasteiger partial charge on any atom is 0.256 e. The van der Waals surface area contributed by atoms with Gasteiger partial charge in [0.2, 0.25) is 0 Å². The Labute approximate surface area is 160 Å². The number of nitrogens with zero attached hydrogens (tertiary/aromatic N) is 2. The zero-order chi connectivity index (χ0) is 18.8. The van der Waals surface area contributed by atoms with E-state index in [1.165, 1.54) is 12.1 Å². The van der Waals surface area contributed by atoms with Gasteiger partial charge in [-0.05, 0) is 48.0 Å². The number of carbonyl (C=O) groups is 1. The van der Waals surface area contributed by atoms with Crippen molar-refractivity contribution in [3.63, 3.8) is 0 Å². The van der Waals surface area contributed by atoms with Crippen LogP contribution in [0.4, 0.5) is 10.2 Å². The van der Waals surface area contributed by atoms with Crippen LogP contribution in [0.3, 0.4) is 0 Å². The first-order chi connectivity index (χ1) is 13.1. The number of hydrogen-bond acceptors (Lipinski definition) is 2. The van der Waals surface area contributed by atoms with E-state index in [4.69, 9.17) is 11.6 Å². The molecule has 3 aromatic carbocycles. The molecule has 27 heavy (non-hydrogen) atoms. The Morgan fingerprint density at radius 3 is 2.63 bits per heavy atom. The summed E-state index contributed by atoms with van der Waals surface area (Å²) in [5.74, 6) is -0.366. The minimum atomic E-state index is -0.389. The highest BCUT2D eigenvalue weighted by atomic mass is 35.5. The zero-order valence-electron chi connectivity index (χ0n) is 14.2. The summed E-state index contributed by atoms with van der Waals surface area (Å²) in [6, 6.07) is 20.7. The SMILES string of the molecule is O=C(Nc1nn(Cc2cccc(Cl)c2)c2ccc(F)cc12)c1ccccc1. The van der Waals surface area contributed by atoms with E-state index in [2.05, 4.69) is 10.4 Å². The minimum absolute atomic E-state index is 0.297. The molecule has 0 radical (unpaired) electrons. The Kier molecular flexibility index (Phi) is 4.60. The highest BCUT2D eigenvalue weighted by Gasteiger charge is 2.15. The summed E-state index contributed by atoms with van der Waals surface area (Å²) in [6.45, 7) is 0.448. The van der Waals surface area contributed by atoms with E-state index < -0.39 is 0 Å². The predicted molar refractivity (Wildman–Crippen MR) is 105 cm³/mol. The molecule has 6 heteroatoms. The maximum absolute atomic E-state index is 13.8. The lowest BCUT2D eigenvalue weighted by Gasteiger charge is -2.04. The summed E-state index contributed by atoms with van der Waals surface area (Å²) in [5, 5.41) is 8.45. The van der Waals surface area contributed by atoms with Gasteiger partial charge in [0.1, 0.15) is 5.82 Å². The second-order valence-electron chi connectivity index (χ2n) is 6.12. The summed E-state index contributed by atoms with van der Waals surface area (Å²) in [6.07, 6.45) is 0. The highest BCUT2D eigenvalue weighted by Crippen LogP contribution is 2.25. The minimum Gasteiger partial charge on any atom is -0.305 e. The Morgan fingerprint density at radius 2 is 1.85 bits per heavy atom. The van der Waals surface area contributed by atoms with Gasteiger partial charge in [0.15, 0.2) is 5.82 Å². The van der Waals surface area contributed by atoms with Gasteiger partial charge >= 0.3 is 0 Å². The van der Waals surface area contributed by atoms with Gasteiger partial charge < -0.3 is 5.32 Å². The van der Waals surface area contributed by atoms with Crippen LogP contribution in [-0.2, 0) is 6.54 Å². The fraction of sp³-hybridized carbons (Fsp3) is 0.0476. The van der Waals surface area contributed by atoms with E-state index in [1.54, 1.807) is 41.1 Å². The van der Waals surface area contributed by atoms with Gasteiger partial charge in [0, 0.05) is 16.0 Å². The molecule has 1 amide bonds. The molecule has 1 N–H and O–H groups in total. The molecule has 1 aromatic heterocycles. The lowest BCUT2D eigenvalue weighted by Crippen LogP contribution is -2.12. The first-order valence-corrected chi connectivity index (χ1v) is 8.75. The van der Waals surface area contributed by atoms with Gasteiger partial charge in [0.05, 0.1) is 12.1 Å². The lowest BCUT2D eigenvalue weighted by molar-refractivity contribution is 0.102. The van der Waals surface area contributed by atoms with Crippen LogP contribution in [0.15, 0.2) is 72.8 Å². The molecule has 0 bridgehead atoms. The molecule has 0 aliphatic rings. The van der Waals surface area contributed by atoms with E-state index in [1.807, 2.05) is 24.3 Å². The largest absolute Gasteiger partial charge is 0.305 e. The zero-order valence-corrected chi connectivity index (χ0v) is 14.9. The molecule has 0 aliphatic carbocycles. The number of carbonyl (C=O) groups excluding carboxylic acids is 1. The van der Waals surface area contributed by atoms with E-state index in [0.29, 0.717) is 28.3 Å². The van der Waals surface area contributed by atoms with Gasteiger partial charge in [-0.2, -0.15) is 5.10 Å². The topological polar surface area (TPSA) is 46.9 Å². The Hall–Kier alpha value is -3.18. The number of fused-ring (bicyclic) bond motifs is 1. The van der Waals surface area contributed by atoms with Gasteiger partial charge in [-0.3, -0.25) is 9.48 Å². The summed E-state index contributed by atoms with van der Waals surface area (Å²) < 4.78 is 15.5. The highest BCUT2D eigenvalue weighted by molar-refractivity contribution is 6.30. The summed E-state index contributed by atoms with van der Waals surface area (Å²) in [4.78, 5) is 12.5. The summed E-state index contributed by atoms with van der Waals surface area (Å²) in [7, 11) is 0. The molecule has 0 spiro atoms. The van der Waals surface area contributed by atoms with Crippen molar-refractivity contribution in [3.05, 3.63) is 94.8 Å². The van der Waals surface area contributed by atoms with Crippen molar-refractivity contribution in [1.29, 1.82) is 0 Å². The molecule has 0 saturated carbocycles. The first-order valence-electron chi connectivity index (χ1n) is 8.37. The molecule has 134 valence electrons. The Balaban J connectivity index is 1.72. The number of rotatable bonds is 4. The number of amides is 1. The van der Waals surface area contributed by atoms with Crippen LogP contribution in [-0.4, -0.2) is 15.7 Å². The molecule has 0 saturated heterocycles. The number of benzene rings is 3. The van der Waals surface area contributed by atoms with Crippen LogP contribution in [0, 0.1) is 5.82 Å². The number of hydrogen-bond donors (Lipinski definition) is 1. The van der Waals surface area contributed by atoms with Crippen LogP contribution in [0.25, 0.3) is 10.9 Å². The standard InChI is InChI=1S/C21H15ClFN3O/c22-16-8-4-5-14(11-16)13-26-19-10-9-17(23)12-18(19)20(25-26)24-21(27)15-6-2-1-3-7-15/h1-12H,13H2,(H,24,25,27). The number of anilines is 1. The molecular weight excluding hydrogens is 365 g/mol. The summed E-state index contributed by atoms with van der Waals surface area (Å²) >= 11 is 6.06.